The molecule has 2 heterocycles. The molecule has 0 saturated carbocycles. The van der Waals surface area contributed by atoms with Crippen LogP contribution in [-0.4, -0.2) is 30.0 Å². The number of sulfone groups is 1. The zero-order valence-electron chi connectivity index (χ0n) is 9.98. The van der Waals surface area contributed by atoms with E-state index >= 15 is 0 Å². The number of rotatable bonds is 2. The van der Waals surface area contributed by atoms with E-state index in [1.165, 1.54) is 11.3 Å². The van der Waals surface area contributed by atoms with E-state index in [4.69, 9.17) is 12.2 Å². The number of hydrogen-bond donors (Lipinski definition) is 2. The lowest BCUT2D eigenvalue weighted by atomic mass is 10.4. The Morgan fingerprint density at radius 1 is 1.44 bits per heavy atom. The van der Waals surface area contributed by atoms with Crippen molar-refractivity contribution < 1.29 is 8.42 Å². The maximum atomic E-state index is 11.3. The molecule has 0 radical (unpaired) electrons. The Morgan fingerprint density at radius 3 is 2.67 bits per heavy atom. The number of nitrogens with zero attached hydrogens (tertiary/aromatic N) is 1. The van der Waals surface area contributed by atoms with E-state index < -0.39 is 9.84 Å². The van der Waals surface area contributed by atoms with Crippen molar-refractivity contribution in [1.29, 1.82) is 0 Å². The SMILES string of the molecule is Cc1nc(NC(=S)NC2=CCS(=O)(=O)C2)sc1C. The van der Waals surface area contributed by atoms with Crippen molar-refractivity contribution in [2.45, 2.75) is 13.8 Å². The van der Waals surface area contributed by atoms with Gasteiger partial charge in [0.15, 0.2) is 20.1 Å². The first-order chi connectivity index (χ1) is 8.35. The van der Waals surface area contributed by atoms with Crippen molar-refractivity contribution in [2.75, 3.05) is 16.8 Å². The average Bonchev–Trinajstić information content (AvgIpc) is 2.71. The summed E-state index contributed by atoms with van der Waals surface area (Å²) in [7, 11) is -2.97. The number of aromatic nitrogens is 1. The van der Waals surface area contributed by atoms with Crippen molar-refractivity contribution in [3.8, 4) is 0 Å². The van der Waals surface area contributed by atoms with Crippen molar-refractivity contribution in [3.05, 3.63) is 22.3 Å². The summed E-state index contributed by atoms with van der Waals surface area (Å²) in [4.78, 5) is 5.42. The molecule has 98 valence electrons. The number of hydrogen-bond acceptors (Lipinski definition) is 5. The Morgan fingerprint density at radius 2 is 2.17 bits per heavy atom. The molecule has 2 rings (SSSR count). The maximum absolute atomic E-state index is 11.3. The van der Waals surface area contributed by atoms with E-state index in [2.05, 4.69) is 15.6 Å². The Bertz CT molecular complexity index is 597. The topological polar surface area (TPSA) is 71.1 Å². The molecule has 1 aliphatic heterocycles. The third-order valence-corrected chi connectivity index (χ3v) is 5.10. The third-order valence-electron chi connectivity index (χ3n) is 2.48. The number of thiazole rings is 1. The number of nitrogens with one attached hydrogen (secondary N) is 2. The van der Waals surface area contributed by atoms with Gasteiger partial charge in [0.25, 0.3) is 0 Å². The fraction of sp³-hybridized carbons (Fsp3) is 0.400. The van der Waals surface area contributed by atoms with Crippen molar-refractivity contribution in [1.82, 2.24) is 10.3 Å². The molecule has 5 nitrogen and oxygen atoms in total. The summed E-state index contributed by atoms with van der Waals surface area (Å²) >= 11 is 6.62. The second-order valence-corrected chi connectivity index (χ2v) is 7.74. The molecule has 0 saturated heterocycles. The summed E-state index contributed by atoms with van der Waals surface area (Å²) in [5.41, 5.74) is 1.59. The predicted molar refractivity (Wildman–Crippen MR) is 77.7 cm³/mol. The summed E-state index contributed by atoms with van der Waals surface area (Å²) in [6, 6.07) is 0. The van der Waals surface area contributed by atoms with Crippen LogP contribution in [0.25, 0.3) is 0 Å². The molecule has 1 aliphatic rings. The zero-order valence-corrected chi connectivity index (χ0v) is 12.4. The highest BCUT2D eigenvalue weighted by Crippen LogP contribution is 2.21. The Balaban J connectivity index is 1.94. The molecule has 0 atom stereocenters. The molecule has 0 spiro atoms. The first-order valence-electron chi connectivity index (χ1n) is 5.27. The number of thiocarbonyl (C=S) groups is 1. The molecule has 0 fully saturated rings. The molecule has 0 amide bonds. The molecule has 2 N–H and O–H groups in total. The summed E-state index contributed by atoms with van der Waals surface area (Å²) in [6.07, 6.45) is 1.64. The van der Waals surface area contributed by atoms with Crippen LogP contribution < -0.4 is 10.6 Å². The van der Waals surface area contributed by atoms with E-state index in [0.717, 1.165) is 10.6 Å². The largest absolute Gasteiger partial charge is 0.335 e. The van der Waals surface area contributed by atoms with Gasteiger partial charge in [-0.25, -0.2) is 13.4 Å². The molecule has 1 aromatic rings. The Hall–Kier alpha value is -0.990. The summed E-state index contributed by atoms with van der Waals surface area (Å²) in [5.74, 6) is 0.0954. The van der Waals surface area contributed by atoms with Gasteiger partial charge in [-0.05, 0) is 32.1 Å². The molecule has 0 unspecified atom stereocenters. The van der Waals surface area contributed by atoms with Gasteiger partial charge in [0.05, 0.1) is 17.2 Å². The lowest BCUT2D eigenvalue weighted by Crippen LogP contribution is -2.28. The second-order valence-electron chi connectivity index (χ2n) is 4.02. The van der Waals surface area contributed by atoms with Gasteiger partial charge in [0, 0.05) is 10.6 Å². The molecule has 0 aliphatic carbocycles. The summed E-state index contributed by atoms with van der Waals surface area (Å²) in [5, 5.41) is 6.91. The van der Waals surface area contributed by atoms with Crippen molar-refractivity contribution >= 4 is 43.6 Å². The minimum absolute atomic E-state index is 0.0186. The van der Waals surface area contributed by atoms with Crippen LogP contribution in [0.4, 0.5) is 5.13 Å². The Kier molecular flexibility index (Phi) is 3.69. The lowest BCUT2D eigenvalue weighted by Gasteiger charge is -2.08. The van der Waals surface area contributed by atoms with Gasteiger partial charge in [-0.2, -0.15) is 0 Å². The smallest absolute Gasteiger partial charge is 0.189 e. The summed E-state index contributed by atoms with van der Waals surface area (Å²) in [6.45, 7) is 3.92. The standard InChI is InChI=1S/C10H13N3O2S3/c1-6-7(2)17-10(11-6)13-9(16)12-8-3-4-18(14,15)5-8/h3H,4-5H2,1-2H3,(H2,11,12,13,16). The highest BCUT2D eigenvalue weighted by atomic mass is 32.2. The molecule has 0 aromatic carbocycles. The van der Waals surface area contributed by atoms with E-state index in [1.807, 2.05) is 13.8 Å². The maximum Gasteiger partial charge on any atom is 0.189 e. The van der Waals surface area contributed by atoms with Gasteiger partial charge in [0.2, 0.25) is 0 Å². The quantitative estimate of drug-likeness (QED) is 0.804. The van der Waals surface area contributed by atoms with Gasteiger partial charge >= 0.3 is 0 Å². The van der Waals surface area contributed by atoms with Gasteiger partial charge in [-0.15, -0.1) is 11.3 Å². The van der Waals surface area contributed by atoms with Crippen LogP contribution in [0.2, 0.25) is 0 Å². The third kappa shape index (κ3) is 3.27. The fourth-order valence-corrected chi connectivity index (χ4v) is 3.82. The van der Waals surface area contributed by atoms with Crippen LogP contribution in [-0.2, 0) is 9.84 Å². The van der Waals surface area contributed by atoms with Crippen LogP contribution in [0.3, 0.4) is 0 Å². The van der Waals surface area contributed by atoms with Gasteiger partial charge < -0.3 is 10.6 Å². The van der Waals surface area contributed by atoms with Crippen LogP contribution in [0.15, 0.2) is 11.8 Å². The molecule has 18 heavy (non-hydrogen) atoms. The number of aryl methyl sites for hydroxylation is 2. The van der Waals surface area contributed by atoms with E-state index in [1.54, 1.807) is 6.08 Å². The molecular weight excluding hydrogens is 290 g/mol. The zero-order chi connectivity index (χ0) is 13.3. The van der Waals surface area contributed by atoms with Crippen molar-refractivity contribution in [2.24, 2.45) is 0 Å². The van der Waals surface area contributed by atoms with Crippen LogP contribution >= 0.6 is 23.6 Å². The van der Waals surface area contributed by atoms with E-state index in [0.29, 0.717) is 15.9 Å². The monoisotopic (exact) mass is 303 g/mol. The van der Waals surface area contributed by atoms with Crippen molar-refractivity contribution in [3.63, 3.8) is 0 Å². The second kappa shape index (κ2) is 4.94. The fourth-order valence-electron chi connectivity index (χ4n) is 1.47. The van der Waals surface area contributed by atoms with E-state index in [9.17, 15) is 8.42 Å². The highest BCUT2D eigenvalue weighted by molar-refractivity contribution is 7.92. The predicted octanol–water partition coefficient (Wildman–Crippen LogP) is 1.36. The minimum atomic E-state index is -2.97. The summed E-state index contributed by atoms with van der Waals surface area (Å²) < 4.78 is 22.5. The number of anilines is 1. The normalized spacial score (nSPS) is 17.3. The minimum Gasteiger partial charge on any atom is -0.335 e. The first kappa shape index (κ1) is 13.4. The highest BCUT2D eigenvalue weighted by Gasteiger charge is 2.20. The van der Waals surface area contributed by atoms with Gasteiger partial charge in [-0.1, -0.05) is 0 Å². The van der Waals surface area contributed by atoms with Gasteiger partial charge in [0.1, 0.15) is 0 Å². The molecule has 0 bridgehead atoms. The first-order valence-corrected chi connectivity index (χ1v) is 8.32. The van der Waals surface area contributed by atoms with Gasteiger partial charge in [-0.3, -0.25) is 0 Å². The Labute approximate surface area is 115 Å². The van der Waals surface area contributed by atoms with Crippen LogP contribution in [0.1, 0.15) is 10.6 Å². The molecule has 8 heteroatoms. The molecule has 1 aromatic heterocycles. The average molecular weight is 303 g/mol. The molecular formula is C10H13N3O2S3. The van der Waals surface area contributed by atoms with E-state index in [-0.39, 0.29) is 11.5 Å². The lowest BCUT2D eigenvalue weighted by molar-refractivity contribution is 0.603. The van der Waals surface area contributed by atoms with Crippen LogP contribution in [0, 0.1) is 13.8 Å². The van der Waals surface area contributed by atoms with Crippen LogP contribution in [0.5, 0.6) is 0 Å².